The molecule has 0 spiro atoms. The van der Waals surface area contributed by atoms with E-state index in [1.807, 2.05) is 4.31 Å². The second kappa shape index (κ2) is 4.44. The lowest BCUT2D eigenvalue weighted by Crippen LogP contribution is -2.38. The molecule has 0 amide bonds. The molecule has 0 bridgehead atoms. The molecule has 3 nitrogen and oxygen atoms in total. The van der Waals surface area contributed by atoms with E-state index in [0.717, 1.165) is 44.8 Å². The Hall–Kier alpha value is -0.0600. The van der Waals surface area contributed by atoms with Crippen molar-refractivity contribution in [2.75, 3.05) is 25.9 Å². The SMILES string of the molecule is C=S(C)(=O)N1CCC(CCN)CC1. The average molecular weight is 204 g/mol. The zero-order valence-corrected chi connectivity index (χ0v) is 9.18. The maximum absolute atomic E-state index is 11.6. The first-order chi connectivity index (χ1) is 6.04. The van der Waals surface area contributed by atoms with Crippen LogP contribution < -0.4 is 5.73 Å². The van der Waals surface area contributed by atoms with Crippen molar-refractivity contribution in [3.8, 4) is 0 Å². The highest BCUT2D eigenvalue weighted by molar-refractivity contribution is 7.97. The number of piperidine rings is 1. The number of nitrogens with two attached hydrogens (primary N) is 1. The predicted octanol–water partition coefficient (Wildman–Crippen LogP) is 0.308. The van der Waals surface area contributed by atoms with E-state index in [2.05, 4.69) is 5.87 Å². The minimum atomic E-state index is -1.96. The Labute approximate surface area is 81.4 Å². The van der Waals surface area contributed by atoms with E-state index < -0.39 is 9.71 Å². The highest BCUT2D eigenvalue weighted by Gasteiger charge is 2.21. The maximum Gasteiger partial charge on any atom is 0.0245 e. The number of nitrogens with zero attached hydrogens (tertiary/aromatic N) is 1. The Morgan fingerprint density at radius 1 is 1.54 bits per heavy atom. The zero-order chi connectivity index (χ0) is 9.90. The van der Waals surface area contributed by atoms with Gasteiger partial charge >= 0.3 is 0 Å². The number of hydrogen-bond donors (Lipinski definition) is 1. The molecule has 0 aromatic carbocycles. The standard InChI is InChI=1S/C9H20N2OS/c1-13(2,12)11-7-4-9(3-6-10)5-8-11/h9H,1,3-8,10H2,2H3. The lowest BCUT2D eigenvalue weighted by atomic mass is 9.95. The van der Waals surface area contributed by atoms with Gasteiger partial charge in [0, 0.05) is 29.1 Å². The number of hydrogen-bond acceptors (Lipinski definition) is 2. The van der Waals surface area contributed by atoms with Crippen molar-refractivity contribution in [3.63, 3.8) is 0 Å². The molecule has 0 radical (unpaired) electrons. The third-order valence-electron chi connectivity index (χ3n) is 2.69. The van der Waals surface area contributed by atoms with E-state index in [1.54, 1.807) is 6.26 Å². The Balaban J connectivity index is 2.39. The fraction of sp³-hybridized carbons (Fsp3) is 0.889. The van der Waals surface area contributed by atoms with Gasteiger partial charge in [-0.15, -0.1) is 0 Å². The van der Waals surface area contributed by atoms with E-state index in [4.69, 9.17) is 5.73 Å². The van der Waals surface area contributed by atoms with Crippen LogP contribution in [0.25, 0.3) is 0 Å². The van der Waals surface area contributed by atoms with Gasteiger partial charge in [0.2, 0.25) is 0 Å². The fourth-order valence-electron chi connectivity index (χ4n) is 1.82. The van der Waals surface area contributed by atoms with Crippen LogP contribution in [0, 0.1) is 5.92 Å². The van der Waals surface area contributed by atoms with Gasteiger partial charge in [-0.1, -0.05) is 0 Å². The Morgan fingerprint density at radius 2 is 2.08 bits per heavy atom. The first kappa shape index (κ1) is 11.0. The molecule has 1 unspecified atom stereocenters. The van der Waals surface area contributed by atoms with E-state index in [1.165, 1.54) is 0 Å². The Bertz CT molecular complexity index is 240. The zero-order valence-electron chi connectivity index (χ0n) is 8.37. The van der Waals surface area contributed by atoms with Crippen molar-refractivity contribution in [2.45, 2.75) is 19.3 Å². The summed E-state index contributed by atoms with van der Waals surface area (Å²) in [5.74, 6) is 4.43. The smallest absolute Gasteiger partial charge is 0.0245 e. The summed E-state index contributed by atoms with van der Waals surface area (Å²) in [6.07, 6.45) is 5.07. The van der Waals surface area contributed by atoms with Gasteiger partial charge in [-0.05, 0) is 37.6 Å². The quantitative estimate of drug-likeness (QED) is 0.673. The van der Waals surface area contributed by atoms with Gasteiger partial charge in [-0.2, -0.15) is 0 Å². The second-order valence-corrected chi connectivity index (χ2v) is 6.34. The molecule has 1 saturated heterocycles. The van der Waals surface area contributed by atoms with E-state index in [-0.39, 0.29) is 0 Å². The van der Waals surface area contributed by atoms with E-state index in [0.29, 0.717) is 0 Å². The summed E-state index contributed by atoms with van der Waals surface area (Å²) in [6.45, 7) is 2.61. The van der Waals surface area contributed by atoms with Crippen molar-refractivity contribution >= 4 is 15.6 Å². The Morgan fingerprint density at radius 3 is 2.46 bits per heavy atom. The third-order valence-corrected chi connectivity index (χ3v) is 4.15. The molecule has 0 saturated carbocycles. The average Bonchev–Trinajstić information content (AvgIpc) is 2.04. The molecule has 0 aliphatic carbocycles. The maximum atomic E-state index is 11.6. The molecule has 0 aromatic rings. The summed E-state index contributed by atoms with van der Waals surface area (Å²) >= 11 is 0. The van der Waals surface area contributed by atoms with Crippen molar-refractivity contribution in [1.29, 1.82) is 0 Å². The van der Waals surface area contributed by atoms with Crippen LogP contribution in [0.4, 0.5) is 0 Å². The largest absolute Gasteiger partial charge is 0.330 e. The summed E-state index contributed by atoms with van der Waals surface area (Å²) in [7, 11) is -1.96. The van der Waals surface area contributed by atoms with Crippen LogP contribution in [0.15, 0.2) is 0 Å². The molecule has 13 heavy (non-hydrogen) atoms. The first-order valence-corrected chi connectivity index (χ1v) is 6.90. The van der Waals surface area contributed by atoms with Crippen molar-refractivity contribution < 1.29 is 4.21 Å². The first-order valence-electron chi connectivity index (χ1n) is 4.81. The lowest BCUT2D eigenvalue weighted by Gasteiger charge is -2.32. The normalized spacial score (nSPS) is 25.7. The van der Waals surface area contributed by atoms with Crippen LogP contribution >= 0.6 is 0 Å². The molecule has 1 fully saturated rings. The van der Waals surface area contributed by atoms with Crippen molar-refractivity contribution in [1.82, 2.24) is 4.31 Å². The molecule has 1 atom stereocenters. The van der Waals surface area contributed by atoms with Crippen LogP contribution in [0.5, 0.6) is 0 Å². The molecule has 2 N–H and O–H groups in total. The molecule has 78 valence electrons. The molecule has 0 aromatic heterocycles. The van der Waals surface area contributed by atoms with E-state index in [9.17, 15) is 4.21 Å². The highest BCUT2D eigenvalue weighted by Crippen LogP contribution is 2.21. The van der Waals surface area contributed by atoms with Gasteiger partial charge < -0.3 is 5.73 Å². The van der Waals surface area contributed by atoms with Crippen LogP contribution in [0.3, 0.4) is 0 Å². The lowest BCUT2D eigenvalue weighted by molar-refractivity contribution is 0.274. The summed E-state index contributed by atoms with van der Waals surface area (Å²) in [5, 5.41) is 0. The predicted molar refractivity (Wildman–Crippen MR) is 59.2 cm³/mol. The van der Waals surface area contributed by atoms with Gasteiger partial charge in [-0.3, -0.25) is 4.21 Å². The molecular formula is C9H20N2OS. The van der Waals surface area contributed by atoms with Gasteiger partial charge in [-0.25, -0.2) is 4.31 Å². The molecule has 1 aliphatic heterocycles. The summed E-state index contributed by atoms with van der Waals surface area (Å²) in [4.78, 5) is 0. The fourth-order valence-corrected chi connectivity index (χ4v) is 2.80. The summed E-state index contributed by atoms with van der Waals surface area (Å²) < 4.78 is 13.6. The summed E-state index contributed by atoms with van der Waals surface area (Å²) in [6, 6.07) is 0. The molecule has 4 heteroatoms. The van der Waals surface area contributed by atoms with Crippen LogP contribution in [0.1, 0.15) is 19.3 Å². The topological polar surface area (TPSA) is 46.3 Å². The second-order valence-electron chi connectivity index (χ2n) is 3.91. The molecule has 1 rings (SSSR count). The van der Waals surface area contributed by atoms with Gasteiger partial charge in [0.05, 0.1) is 0 Å². The molecule has 1 aliphatic rings. The monoisotopic (exact) mass is 204 g/mol. The third kappa shape index (κ3) is 3.29. The minimum Gasteiger partial charge on any atom is -0.330 e. The molecular weight excluding hydrogens is 184 g/mol. The van der Waals surface area contributed by atoms with Crippen molar-refractivity contribution in [2.24, 2.45) is 11.7 Å². The molecule has 1 heterocycles. The van der Waals surface area contributed by atoms with Gasteiger partial charge in [0.25, 0.3) is 0 Å². The van der Waals surface area contributed by atoms with Gasteiger partial charge in [0.15, 0.2) is 0 Å². The summed E-state index contributed by atoms with van der Waals surface area (Å²) in [5.41, 5.74) is 5.50. The van der Waals surface area contributed by atoms with E-state index >= 15 is 0 Å². The van der Waals surface area contributed by atoms with Crippen LogP contribution in [0.2, 0.25) is 0 Å². The van der Waals surface area contributed by atoms with Crippen LogP contribution in [-0.4, -0.2) is 40.3 Å². The van der Waals surface area contributed by atoms with Gasteiger partial charge in [0.1, 0.15) is 0 Å². The highest BCUT2D eigenvalue weighted by atomic mass is 32.2. The number of rotatable bonds is 3. The van der Waals surface area contributed by atoms with Crippen molar-refractivity contribution in [3.05, 3.63) is 0 Å². The van der Waals surface area contributed by atoms with Crippen LogP contribution in [-0.2, 0) is 9.71 Å². The minimum absolute atomic E-state index is 0.739. The Kier molecular flexibility index (Phi) is 3.76.